The molecule has 3 nitrogen and oxygen atoms in total. The molecule has 0 amide bonds. The highest BCUT2D eigenvalue weighted by molar-refractivity contribution is 9.10. The maximum absolute atomic E-state index is 12.6. The second kappa shape index (κ2) is 7.24. The molecule has 0 fully saturated rings. The van der Waals surface area contributed by atoms with Crippen molar-refractivity contribution in [1.29, 1.82) is 0 Å². The number of ether oxygens (including phenoxy) is 1. The molecule has 25 heavy (non-hydrogen) atoms. The third kappa shape index (κ3) is 3.76. The summed E-state index contributed by atoms with van der Waals surface area (Å²) in [5.74, 6) is 1.14. The summed E-state index contributed by atoms with van der Waals surface area (Å²) in [5.41, 5.74) is 2.81. The van der Waals surface area contributed by atoms with Crippen LogP contribution in [0.15, 0.2) is 51.7 Å². The van der Waals surface area contributed by atoms with Gasteiger partial charge in [-0.3, -0.25) is 4.79 Å². The maximum atomic E-state index is 12.6. The van der Waals surface area contributed by atoms with E-state index in [1.54, 1.807) is 36.4 Å². The maximum Gasteiger partial charge on any atom is 0.204 e. The van der Waals surface area contributed by atoms with Gasteiger partial charge in [-0.25, -0.2) is 0 Å². The van der Waals surface area contributed by atoms with Gasteiger partial charge in [0.25, 0.3) is 0 Å². The minimum absolute atomic E-state index is 0.0730. The van der Waals surface area contributed by atoms with Crippen molar-refractivity contribution in [3.63, 3.8) is 0 Å². The van der Waals surface area contributed by atoms with Crippen LogP contribution in [0.1, 0.15) is 11.4 Å². The number of hydrogen-bond acceptors (Lipinski definition) is 2. The Balaban J connectivity index is 1.99. The molecule has 6 heteroatoms. The van der Waals surface area contributed by atoms with Crippen LogP contribution in [0.2, 0.25) is 10.0 Å². The molecule has 2 aromatic carbocycles. The van der Waals surface area contributed by atoms with Crippen molar-refractivity contribution in [2.24, 2.45) is 0 Å². The van der Waals surface area contributed by atoms with Crippen molar-refractivity contribution in [3.8, 4) is 22.6 Å². The van der Waals surface area contributed by atoms with Gasteiger partial charge < -0.3 is 9.72 Å². The molecule has 0 atom stereocenters. The van der Waals surface area contributed by atoms with E-state index in [0.29, 0.717) is 31.6 Å². The second-order valence-corrected chi connectivity index (χ2v) is 7.23. The highest BCUT2D eigenvalue weighted by atomic mass is 79.9. The number of benzene rings is 2. The van der Waals surface area contributed by atoms with Crippen LogP contribution in [0.4, 0.5) is 0 Å². The summed E-state index contributed by atoms with van der Waals surface area (Å²) in [6.07, 6.45) is 0. The molecular formula is C19H14BrCl2NO2. The fourth-order valence-electron chi connectivity index (χ4n) is 2.57. The highest BCUT2D eigenvalue weighted by Crippen LogP contribution is 2.34. The zero-order chi connectivity index (χ0) is 18.1. The molecule has 1 heterocycles. The Morgan fingerprint density at radius 2 is 1.68 bits per heavy atom. The number of nitrogens with one attached hydrogen (secondary N) is 1. The standard InChI is InChI=1S/C19H14BrCl2NO2/c1-10-17(19(24)18(20)11(2)23-10)12-3-8-16(15(22)9-12)25-14-6-4-13(21)5-7-14/h3-9H,1-2H3,(H,23,24). The van der Waals surface area contributed by atoms with E-state index < -0.39 is 0 Å². The molecule has 0 aliphatic carbocycles. The van der Waals surface area contributed by atoms with Crippen LogP contribution < -0.4 is 10.2 Å². The smallest absolute Gasteiger partial charge is 0.204 e. The van der Waals surface area contributed by atoms with Crippen molar-refractivity contribution in [1.82, 2.24) is 4.98 Å². The van der Waals surface area contributed by atoms with Gasteiger partial charge in [0.15, 0.2) is 0 Å². The lowest BCUT2D eigenvalue weighted by Crippen LogP contribution is -2.11. The minimum atomic E-state index is -0.0730. The Labute approximate surface area is 163 Å². The number of rotatable bonds is 3. The summed E-state index contributed by atoms with van der Waals surface area (Å²) in [6, 6.07) is 12.3. The van der Waals surface area contributed by atoms with Crippen LogP contribution in [0, 0.1) is 13.8 Å². The fourth-order valence-corrected chi connectivity index (χ4v) is 3.21. The summed E-state index contributed by atoms with van der Waals surface area (Å²) in [5, 5.41) is 1.05. The van der Waals surface area contributed by atoms with E-state index in [0.717, 1.165) is 17.0 Å². The molecule has 0 spiro atoms. The number of H-pyrrole nitrogens is 1. The first-order valence-electron chi connectivity index (χ1n) is 7.49. The number of aryl methyl sites for hydroxylation is 2. The molecule has 3 aromatic rings. The zero-order valence-electron chi connectivity index (χ0n) is 13.5. The molecule has 1 N–H and O–H groups in total. The van der Waals surface area contributed by atoms with Crippen LogP contribution >= 0.6 is 39.1 Å². The Kier molecular flexibility index (Phi) is 5.23. The molecule has 0 aliphatic heterocycles. The lowest BCUT2D eigenvalue weighted by molar-refractivity contribution is 0.483. The molecule has 3 rings (SSSR count). The van der Waals surface area contributed by atoms with Crippen molar-refractivity contribution in [2.45, 2.75) is 13.8 Å². The first kappa shape index (κ1) is 18.1. The van der Waals surface area contributed by atoms with Crippen LogP contribution in [0.3, 0.4) is 0 Å². The monoisotopic (exact) mass is 437 g/mol. The number of hydrogen-bond donors (Lipinski definition) is 1. The first-order valence-corrected chi connectivity index (χ1v) is 9.04. The number of aromatic amines is 1. The van der Waals surface area contributed by atoms with Crippen molar-refractivity contribution in [2.75, 3.05) is 0 Å². The van der Waals surface area contributed by atoms with Crippen molar-refractivity contribution < 1.29 is 4.74 Å². The lowest BCUT2D eigenvalue weighted by Gasteiger charge is -2.12. The molecular weight excluding hydrogens is 425 g/mol. The second-order valence-electron chi connectivity index (χ2n) is 5.59. The number of pyridine rings is 1. The third-order valence-corrected chi connectivity index (χ3v) is 5.27. The van der Waals surface area contributed by atoms with Gasteiger partial charge >= 0.3 is 0 Å². The van der Waals surface area contributed by atoms with Crippen molar-refractivity contribution in [3.05, 3.63) is 78.6 Å². The van der Waals surface area contributed by atoms with E-state index in [1.807, 2.05) is 19.9 Å². The summed E-state index contributed by atoms with van der Waals surface area (Å²) < 4.78 is 6.29. The van der Waals surface area contributed by atoms with E-state index in [4.69, 9.17) is 27.9 Å². The molecule has 0 bridgehead atoms. The average Bonchev–Trinajstić information content (AvgIpc) is 2.57. The van der Waals surface area contributed by atoms with E-state index in [9.17, 15) is 4.79 Å². The molecule has 0 aliphatic rings. The Hall–Kier alpha value is -1.75. The molecule has 0 saturated heterocycles. The van der Waals surface area contributed by atoms with Crippen LogP contribution in [0.5, 0.6) is 11.5 Å². The molecule has 0 unspecified atom stereocenters. The van der Waals surface area contributed by atoms with Crippen LogP contribution in [0.25, 0.3) is 11.1 Å². The first-order chi connectivity index (χ1) is 11.9. The Morgan fingerprint density at radius 3 is 2.32 bits per heavy atom. The summed E-state index contributed by atoms with van der Waals surface area (Å²) in [7, 11) is 0. The molecule has 0 radical (unpaired) electrons. The third-order valence-electron chi connectivity index (χ3n) is 3.77. The number of aromatic nitrogens is 1. The van der Waals surface area contributed by atoms with Gasteiger partial charge in [0.2, 0.25) is 5.43 Å². The fraction of sp³-hybridized carbons (Fsp3) is 0.105. The lowest BCUT2D eigenvalue weighted by atomic mass is 10.0. The van der Waals surface area contributed by atoms with Gasteiger partial charge in [0, 0.05) is 22.0 Å². The van der Waals surface area contributed by atoms with Gasteiger partial charge in [0.05, 0.1) is 9.50 Å². The van der Waals surface area contributed by atoms with E-state index in [1.165, 1.54) is 0 Å². The van der Waals surface area contributed by atoms with Gasteiger partial charge in [0.1, 0.15) is 11.5 Å². The molecule has 128 valence electrons. The zero-order valence-corrected chi connectivity index (χ0v) is 16.6. The summed E-state index contributed by atoms with van der Waals surface area (Å²) in [4.78, 5) is 15.8. The molecule has 0 saturated carbocycles. The van der Waals surface area contributed by atoms with Gasteiger partial charge in [-0.15, -0.1) is 0 Å². The average molecular weight is 439 g/mol. The van der Waals surface area contributed by atoms with E-state index >= 15 is 0 Å². The molecule has 1 aromatic heterocycles. The predicted octanol–water partition coefficient (Wildman–Crippen LogP) is 6.52. The number of halogens is 3. The van der Waals surface area contributed by atoms with Gasteiger partial charge in [-0.2, -0.15) is 0 Å². The van der Waals surface area contributed by atoms with E-state index in [-0.39, 0.29) is 5.43 Å². The Bertz CT molecular complexity index is 998. The van der Waals surface area contributed by atoms with E-state index in [2.05, 4.69) is 20.9 Å². The van der Waals surface area contributed by atoms with Gasteiger partial charge in [-0.1, -0.05) is 29.3 Å². The minimum Gasteiger partial charge on any atom is -0.456 e. The van der Waals surface area contributed by atoms with Gasteiger partial charge in [-0.05, 0) is 71.7 Å². The highest BCUT2D eigenvalue weighted by Gasteiger charge is 2.14. The Morgan fingerprint density at radius 1 is 1.00 bits per heavy atom. The normalized spacial score (nSPS) is 10.8. The predicted molar refractivity (Wildman–Crippen MR) is 106 cm³/mol. The summed E-state index contributed by atoms with van der Waals surface area (Å²) >= 11 is 15.6. The quantitative estimate of drug-likeness (QED) is 0.505. The van der Waals surface area contributed by atoms with Crippen molar-refractivity contribution >= 4 is 39.1 Å². The largest absolute Gasteiger partial charge is 0.456 e. The topological polar surface area (TPSA) is 42.1 Å². The SMILES string of the molecule is Cc1[nH]c(C)c(-c2ccc(Oc3ccc(Cl)cc3)c(Cl)c2)c(=O)c1Br. The van der Waals surface area contributed by atoms with Crippen LogP contribution in [-0.2, 0) is 0 Å². The van der Waals surface area contributed by atoms with Crippen LogP contribution in [-0.4, -0.2) is 4.98 Å². The summed E-state index contributed by atoms with van der Waals surface area (Å²) in [6.45, 7) is 3.71.